The number of nitrogens with zero attached hydrogens (tertiary/aromatic N) is 3. The predicted octanol–water partition coefficient (Wildman–Crippen LogP) is 7.18. The number of halogens is 1. The molecule has 0 unspecified atom stereocenters. The Morgan fingerprint density at radius 2 is 1.86 bits per heavy atom. The number of aryl methyl sites for hydroxylation is 1. The zero-order valence-corrected chi connectivity index (χ0v) is 24.2. The fraction of sp³-hybridized carbons (Fsp3) is 0.412. The molecule has 1 saturated heterocycles. The van der Waals surface area contributed by atoms with Gasteiger partial charge >= 0.3 is 0 Å². The number of carbonyl (C=O) groups excluding carboxylic acids is 1. The van der Waals surface area contributed by atoms with Crippen LogP contribution in [0.1, 0.15) is 62.5 Å². The van der Waals surface area contributed by atoms with Crippen molar-refractivity contribution in [2.75, 3.05) is 18.4 Å². The monoisotopic (exact) mass is 567 g/mol. The van der Waals surface area contributed by atoms with Crippen LogP contribution in [0.15, 0.2) is 54.9 Å². The maximum Gasteiger partial charge on any atom is 0.228 e. The van der Waals surface area contributed by atoms with Crippen LogP contribution in [0.5, 0.6) is 11.6 Å². The molecule has 0 spiro atoms. The van der Waals surface area contributed by atoms with Crippen LogP contribution in [0.25, 0.3) is 22.0 Å². The molecule has 0 amide bonds. The van der Waals surface area contributed by atoms with Gasteiger partial charge in [0.25, 0.3) is 0 Å². The molecule has 2 aliphatic rings. The molecule has 2 N–H and O–H groups in total. The molecule has 218 valence electrons. The lowest BCUT2D eigenvalue weighted by molar-refractivity contribution is -0.119. The summed E-state index contributed by atoms with van der Waals surface area (Å²) in [7, 11) is 0. The summed E-state index contributed by atoms with van der Waals surface area (Å²) in [6.07, 6.45) is 12.0. The molecule has 0 bridgehead atoms. The Hall–Kier alpha value is -3.91. The van der Waals surface area contributed by atoms with Crippen molar-refractivity contribution in [3.63, 3.8) is 0 Å². The number of benzene rings is 2. The Morgan fingerprint density at radius 1 is 1.00 bits per heavy atom. The summed E-state index contributed by atoms with van der Waals surface area (Å²) < 4.78 is 21.7. The maximum absolute atomic E-state index is 15.2. The van der Waals surface area contributed by atoms with Gasteiger partial charge in [-0.15, -0.1) is 0 Å². The van der Waals surface area contributed by atoms with E-state index in [2.05, 4.69) is 20.6 Å². The lowest BCUT2D eigenvalue weighted by Gasteiger charge is -2.23. The van der Waals surface area contributed by atoms with Gasteiger partial charge < -0.3 is 15.4 Å². The summed E-state index contributed by atoms with van der Waals surface area (Å²) in [5.74, 6) is 1.72. The third-order valence-electron chi connectivity index (χ3n) is 8.55. The van der Waals surface area contributed by atoms with E-state index in [1.807, 2.05) is 37.3 Å². The van der Waals surface area contributed by atoms with Crippen LogP contribution in [-0.4, -0.2) is 39.9 Å². The van der Waals surface area contributed by atoms with Crippen LogP contribution in [0.4, 0.5) is 10.3 Å². The molecule has 8 heteroatoms. The number of rotatable bonds is 9. The number of piperidine rings is 1. The van der Waals surface area contributed by atoms with Gasteiger partial charge in [0.15, 0.2) is 0 Å². The van der Waals surface area contributed by atoms with Gasteiger partial charge in [-0.25, -0.2) is 19.3 Å². The second kappa shape index (κ2) is 12.9. The van der Waals surface area contributed by atoms with Gasteiger partial charge in [0.05, 0.1) is 11.3 Å². The summed E-state index contributed by atoms with van der Waals surface area (Å²) in [5.41, 5.74) is 2.74. The van der Waals surface area contributed by atoms with Gasteiger partial charge in [-0.3, -0.25) is 4.79 Å². The van der Waals surface area contributed by atoms with Crippen molar-refractivity contribution < 1.29 is 13.9 Å². The molecular formula is C34H38FN5O2. The summed E-state index contributed by atoms with van der Waals surface area (Å²) in [4.78, 5) is 26.8. The van der Waals surface area contributed by atoms with Gasteiger partial charge in [0, 0.05) is 48.8 Å². The number of pyridine rings is 1. The van der Waals surface area contributed by atoms with E-state index in [0.29, 0.717) is 46.6 Å². The Bertz CT molecular complexity index is 1560. The molecule has 1 atom stereocenters. The zero-order valence-electron chi connectivity index (χ0n) is 24.2. The highest BCUT2D eigenvalue weighted by Crippen LogP contribution is 2.38. The SMILES string of the molecule is Cc1ccc2c(CC(=O)CC3CCCCC3)c(F)ccc2c1Oc1ncccc1-c1ccnc(N[C@H]2CCCNC2)n1. The molecule has 6 rings (SSSR count). The molecule has 2 aromatic carbocycles. The summed E-state index contributed by atoms with van der Waals surface area (Å²) in [6.45, 7) is 3.87. The van der Waals surface area contributed by atoms with Crippen LogP contribution < -0.4 is 15.4 Å². The number of hydrogen-bond acceptors (Lipinski definition) is 7. The minimum absolute atomic E-state index is 0.0875. The normalized spacial score (nSPS) is 17.7. The summed E-state index contributed by atoms with van der Waals surface area (Å²) in [5, 5.41) is 8.29. The lowest BCUT2D eigenvalue weighted by Crippen LogP contribution is -2.38. The Kier molecular flexibility index (Phi) is 8.70. The maximum atomic E-state index is 15.2. The molecule has 2 aromatic heterocycles. The van der Waals surface area contributed by atoms with Crippen LogP contribution >= 0.6 is 0 Å². The molecule has 1 aliphatic carbocycles. The number of carbonyl (C=O) groups is 1. The van der Waals surface area contributed by atoms with Crippen molar-refractivity contribution >= 4 is 22.5 Å². The molecule has 1 saturated carbocycles. The zero-order chi connectivity index (χ0) is 28.9. The molecule has 42 heavy (non-hydrogen) atoms. The Balaban J connectivity index is 1.28. The molecule has 2 fully saturated rings. The average molecular weight is 568 g/mol. The first-order chi connectivity index (χ1) is 20.5. The predicted molar refractivity (Wildman–Crippen MR) is 163 cm³/mol. The van der Waals surface area contributed by atoms with Crippen LogP contribution in [0, 0.1) is 18.7 Å². The topological polar surface area (TPSA) is 89.0 Å². The fourth-order valence-electron chi connectivity index (χ4n) is 6.32. The minimum atomic E-state index is -0.359. The second-order valence-electron chi connectivity index (χ2n) is 11.7. The van der Waals surface area contributed by atoms with Crippen LogP contribution in [0.2, 0.25) is 0 Å². The Morgan fingerprint density at radius 3 is 2.69 bits per heavy atom. The van der Waals surface area contributed by atoms with E-state index in [1.54, 1.807) is 18.5 Å². The van der Waals surface area contributed by atoms with E-state index >= 15 is 4.39 Å². The number of ether oxygens (including phenoxy) is 1. The standard InChI is InChI=1S/C34H38FN5O2/c1-22-11-12-26-27(13-14-30(35)29(26)20-25(41)19-23-7-3-2-4-8-23)32(22)42-33-28(10-6-17-37-33)31-15-18-38-34(40-31)39-24-9-5-16-36-21-24/h6,10-15,17-18,23-24,36H,2-5,7-9,16,19-21H2,1H3,(H,38,39,40)/t24-/m0/s1. The first-order valence-corrected chi connectivity index (χ1v) is 15.2. The van der Waals surface area contributed by atoms with Gasteiger partial charge in [-0.2, -0.15) is 0 Å². The van der Waals surface area contributed by atoms with Crippen LogP contribution in [-0.2, 0) is 11.2 Å². The fourth-order valence-corrected chi connectivity index (χ4v) is 6.32. The van der Waals surface area contributed by atoms with Crippen molar-refractivity contribution in [3.8, 4) is 22.9 Å². The molecular weight excluding hydrogens is 529 g/mol. The van der Waals surface area contributed by atoms with Crippen molar-refractivity contribution in [3.05, 3.63) is 71.8 Å². The Labute approximate surface area is 246 Å². The lowest BCUT2D eigenvalue weighted by atomic mass is 9.84. The largest absolute Gasteiger partial charge is 0.437 e. The van der Waals surface area contributed by atoms with E-state index in [4.69, 9.17) is 9.72 Å². The van der Waals surface area contributed by atoms with Gasteiger partial charge in [-0.05, 0) is 73.5 Å². The van der Waals surface area contributed by atoms with Crippen molar-refractivity contribution in [1.29, 1.82) is 0 Å². The first-order valence-electron chi connectivity index (χ1n) is 15.2. The molecule has 4 aromatic rings. The van der Waals surface area contributed by atoms with Crippen molar-refractivity contribution in [2.45, 2.75) is 70.8 Å². The average Bonchev–Trinajstić information content (AvgIpc) is 3.01. The second-order valence-corrected chi connectivity index (χ2v) is 11.7. The number of Topliss-reactive ketones (excluding diaryl/α,β-unsaturated/α-hetero) is 1. The van der Waals surface area contributed by atoms with E-state index in [9.17, 15) is 4.79 Å². The van der Waals surface area contributed by atoms with E-state index in [1.165, 1.54) is 25.3 Å². The number of nitrogens with one attached hydrogen (secondary N) is 2. The summed E-state index contributed by atoms with van der Waals surface area (Å²) >= 11 is 0. The minimum Gasteiger partial charge on any atom is -0.437 e. The van der Waals surface area contributed by atoms with E-state index < -0.39 is 0 Å². The molecule has 3 heterocycles. The van der Waals surface area contributed by atoms with Gasteiger partial charge in [0.2, 0.25) is 11.8 Å². The van der Waals surface area contributed by atoms with Crippen molar-refractivity contribution in [1.82, 2.24) is 20.3 Å². The third kappa shape index (κ3) is 6.44. The number of aromatic nitrogens is 3. The first kappa shape index (κ1) is 28.2. The smallest absolute Gasteiger partial charge is 0.228 e. The highest BCUT2D eigenvalue weighted by molar-refractivity contribution is 5.95. The van der Waals surface area contributed by atoms with E-state index in [0.717, 1.165) is 55.3 Å². The van der Waals surface area contributed by atoms with Crippen molar-refractivity contribution in [2.24, 2.45) is 5.92 Å². The third-order valence-corrected chi connectivity index (χ3v) is 8.55. The van der Waals surface area contributed by atoms with E-state index in [-0.39, 0.29) is 24.1 Å². The number of anilines is 1. The highest BCUT2D eigenvalue weighted by atomic mass is 19.1. The highest BCUT2D eigenvalue weighted by Gasteiger charge is 2.21. The molecule has 7 nitrogen and oxygen atoms in total. The molecule has 0 radical (unpaired) electrons. The quantitative estimate of drug-likeness (QED) is 0.221. The number of ketones is 1. The van der Waals surface area contributed by atoms with Gasteiger partial charge in [-0.1, -0.05) is 44.2 Å². The van der Waals surface area contributed by atoms with Crippen LogP contribution in [0.3, 0.4) is 0 Å². The number of fused-ring (bicyclic) bond motifs is 1. The van der Waals surface area contributed by atoms with Gasteiger partial charge in [0.1, 0.15) is 17.3 Å². The summed E-state index contributed by atoms with van der Waals surface area (Å²) in [6, 6.07) is 12.9. The number of hydrogen-bond donors (Lipinski definition) is 2. The molecule has 1 aliphatic heterocycles.